The summed E-state index contributed by atoms with van der Waals surface area (Å²) in [6, 6.07) is 2.50. The van der Waals surface area contributed by atoms with E-state index in [1.165, 1.54) is 0 Å². The van der Waals surface area contributed by atoms with Crippen LogP contribution >= 0.6 is 0 Å². The third-order valence-corrected chi connectivity index (χ3v) is 3.37. The molecule has 1 aromatic rings. The predicted octanol–water partition coefficient (Wildman–Crippen LogP) is 2.58. The van der Waals surface area contributed by atoms with Crippen LogP contribution in [-0.4, -0.2) is 27.2 Å². The second-order valence-electron chi connectivity index (χ2n) is 3.37. The highest BCUT2D eigenvalue weighted by Crippen LogP contribution is 2.22. The van der Waals surface area contributed by atoms with Crippen LogP contribution in [0.1, 0.15) is 16.8 Å². The second kappa shape index (κ2) is 5.47. The number of carbonyl (C=O) groups is 1. The van der Waals surface area contributed by atoms with Crippen molar-refractivity contribution >= 4 is 16.8 Å². The van der Waals surface area contributed by atoms with Gasteiger partial charge in [0.2, 0.25) is 0 Å². The van der Waals surface area contributed by atoms with E-state index in [9.17, 15) is 26.6 Å². The lowest BCUT2D eigenvalue weighted by atomic mass is 10.2. The van der Waals surface area contributed by atoms with E-state index in [0.29, 0.717) is 0 Å². The molecule has 0 amide bonds. The Morgan fingerprint density at radius 2 is 1.94 bits per heavy atom. The molecule has 1 N–H and O–H groups in total. The van der Waals surface area contributed by atoms with Gasteiger partial charge in [0.15, 0.2) is 0 Å². The lowest BCUT2D eigenvalue weighted by Crippen LogP contribution is -2.13. The summed E-state index contributed by atoms with van der Waals surface area (Å²) in [5.41, 5.74) is -0.327. The fourth-order valence-electron chi connectivity index (χ4n) is 1.13. The van der Waals surface area contributed by atoms with E-state index in [4.69, 9.17) is 5.11 Å². The molecule has 0 radical (unpaired) electrons. The molecule has 0 aliphatic carbocycles. The van der Waals surface area contributed by atoms with Gasteiger partial charge in [-0.3, -0.25) is 4.21 Å². The minimum Gasteiger partial charge on any atom is -0.478 e. The number of alkyl halides is 3. The molecule has 0 fully saturated rings. The van der Waals surface area contributed by atoms with Crippen LogP contribution in [-0.2, 0) is 10.8 Å². The second-order valence-corrected chi connectivity index (χ2v) is 4.90. The van der Waals surface area contributed by atoms with Crippen molar-refractivity contribution in [2.24, 2.45) is 0 Å². The molecule has 1 rings (SSSR count). The molecule has 0 saturated carbocycles. The molecule has 0 aromatic heterocycles. The average molecular weight is 284 g/mol. The SMILES string of the molecule is O=C(O)c1ccc(F)c(S(=O)CCC(F)(F)F)c1. The van der Waals surface area contributed by atoms with Gasteiger partial charge >= 0.3 is 12.1 Å². The molecule has 0 spiro atoms. The fourth-order valence-corrected chi connectivity index (χ4v) is 2.31. The highest BCUT2D eigenvalue weighted by molar-refractivity contribution is 7.85. The van der Waals surface area contributed by atoms with Gasteiger partial charge in [0.25, 0.3) is 0 Å². The summed E-state index contributed by atoms with van der Waals surface area (Å²) in [4.78, 5) is 10.1. The number of hydrogen-bond donors (Lipinski definition) is 1. The molecular formula is C10H8F4O3S. The molecule has 1 atom stereocenters. The van der Waals surface area contributed by atoms with Crippen molar-refractivity contribution in [3.8, 4) is 0 Å². The topological polar surface area (TPSA) is 54.4 Å². The summed E-state index contributed by atoms with van der Waals surface area (Å²) in [6.07, 6.45) is -5.81. The minimum atomic E-state index is -4.49. The Kier molecular flexibility index (Phi) is 4.44. The Hall–Kier alpha value is -1.44. The number of carboxylic acid groups (broad SMARTS) is 1. The van der Waals surface area contributed by atoms with E-state index in [0.717, 1.165) is 18.2 Å². The molecule has 8 heteroatoms. The molecule has 100 valence electrons. The third-order valence-electron chi connectivity index (χ3n) is 1.99. The van der Waals surface area contributed by atoms with E-state index in [1.54, 1.807) is 0 Å². The maximum atomic E-state index is 13.2. The van der Waals surface area contributed by atoms with Gasteiger partial charge in [0, 0.05) is 5.75 Å². The van der Waals surface area contributed by atoms with Gasteiger partial charge in [0.1, 0.15) is 5.82 Å². The molecular weight excluding hydrogens is 276 g/mol. The van der Waals surface area contributed by atoms with Crippen LogP contribution in [0.5, 0.6) is 0 Å². The van der Waals surface area contributed by atoms with Crippen molar-refractivity contribution in [1.29, 1.82) is 0 Å². The van der Waals surface area contributed by atoms with Crippen LogP contribution in [0, 0.1) is 5.82 Å². The summed E-state index contributed by atoms with van der Waals surface area (Å²) in [5.74, 6) is -3.16. The van der Waals surface area contributed by atoms with Crippen LogP contribution in [0.3, 0.4) is 0 Å². The van der Waals surface area contributed by atoms with Crippen molar-refractivity contribution in [3.05, 3.63) is 29.6 Å². The van der Waals surface area contributed by atoms with Crippen molar-refractivity contribution in [2.75, 3.05) is 5.75 Å². The lowest BCUT2D eigenvalue weighted by Gasteiger charge is -2.07. The quantitative estimate of drug-likeness (QED) is 0.865. The summed E-state index contributed by atoms with van der Waals surface area (Å²) in [6.45, 7) is 0. The smallest absolute Gasteiger partial charge is 0.390 e. The normalized spacial score (nSPS) is 13.3. The van der Waals surface area contributed by atoms with E-state index >= 15 is 0 Å². The number of benzene rings is 1. The van der Waals surface area contributed by atoms with Crippen LogP contribution in [0.4, 0.5) is 17.6 Å². The zero-order valence-electron chi connectivity index (χ0n) is 8.83. The van der Waals surface area contributed by atoms with Gasteiger partial charge in [-0.2, -0.15) is 13.2 Å². The van der Waals surface area contributed by atoms with E-state index < -0.39 is 45.8 Å². The van der Waals surface area contributed by atoms with E-state index in [2.05, 4.69) is 0 Å². The Labute approximate surface area is 102 Å². The first-order valence-corrected chi connectivity index (χ1v) is 6.00. The monoisotopic (exact) mass is 284 g/mol. The molecule has 0 bridgehead atoms. The van der Waals surface area contributed by atoms with Gasteiger partial charge in [-0.1, -0.05) is 0 Å². The van der Waals surface area contributed by atoms with Gasteiger partial charge in [-0.15, -0.1) is 0 Å². The number of carboxylic acids is 1. The zero-order chi connectivity index (χ0) is 13.9. The molecule has 1 unspecified atom stereocenters. The Morgan fingerprint density at radius 1 is 1.33 bits per heavy atom. The number of hydrogen-bond acceptors (Lipinski definition) is 2. The molecule has 18 heavy (non-hydrogen) atoms. The van der Waals surface area contributed by atoms with Crippen LogP contribution in [0.2, 0.25) is 0 Å². The number of rotatable bonds is 4. The largest absolute Gasteiger partial charge is 0.478 e. The Bertz CT molecular complexity index is 485. The van der Waals surface area contributed by atoms with Crippen LogP contribution in [0.15, 0.2) is 23.1 Å². The molecule has 0 heterocycles. The van der Waals surface area contributed by atoms with Crippen molar-refractivity contribution in [3.63, 3.8) is 0 Å². The first-order valence-electron chi connectivity index (χ1n) is 4.68. The van der Waals surface area contributed by atoms with Crippen LogP contribution < -0.4 is 0 Å². The molecule has 3 nitrogen and oxygen atoms in total. The number of aromatic carboxylic acids is 1. The van der Waals surface area contributed by atoms with Crippen molar-refractivity contribution in [2.45, 2.75) is 17.5 Å². The zero-order valence-corrected chi connectivity index (χ0v) is 9.65. The van der Waals surface area contributed by atoms with Gasteiger partial charge < -0.3 is 5.11 Å². The fraction of sp³-hybridized carbons (Fsp3) is 0.300. The highest BCUT2D eigenvalue weighted by atomic mass is 32.2. The third kappa shape index (κ3) is 4.10. The summed E-state index contributed by atoms with van der Waals surface area (Å²) < 4.78 is 60.5. The minimum absolute atomic E-state index is 0.327. The molecule has 0 saturated heterocycles. The summed E-state index contributed by atoms with van der Waals surface area (Å²) in [7, 11) is -2.23. The molecule has 0 aliphatic rings. The summed E-state index contributed by atoms with van der Waals surface area (Å²) in [5, 5.41) is 8.64. The maximum absolute atomic E-state index is 13.2. The molecule has 0 aliphatic heterocycles. The van der Waals surface area contributed by atoms with Gasteiger partial charge in [0.05, 0.1) is 27.7 Å². The summed E-state index contributed by atoms with van der Waals surface area (Å²) >= 11 is 0. The van der Waals surface area contributed by atoms with Crippen molar-refractivity contribution < 1.29 is 31.7 Å². The maximum Gasteiger partial charge on any atom is 0.390 e. The van der Waals surface area contributed by atoms with Gasteiger partial charge in [-0.05, 0) is 18.2 Å². The van der Waals surface area contributed by atoms with Crippen molar-refractivity contribution in [1.82, 2.24) is 0 Å². The van der Waals surface area contributed by atoms with Crippen LogP contribution in [0.25, 0.3) is 0 Å². The van der Waals surface area contributed by atoms with E-state index in [-0.39, 0.29) is 5.56 Å². The highest BCUT2D eigenvalue weighted by Gasteiger charge is 2.28. The molecule has 1 aromatic carbocycles. The first-order chi connectivity index (χ1) is 8.20. The average Bonchev–Trinajstić information content (AvgIpc) is 2.25. The number of halogens is 4. The Balaban J connectivity index is 2.91. The lowest BCUT2D eigenvalue weighted by molar-refractivity contribution is -0.129. The Morgan fingerprint density at radius 3 is 2.44 bits per heavy atom. The predicted molar refractivity (Wildman–Crippen MR) is 55.3 cm³/mol. The van der Waals surface area contributed by atoms with Gasteiger partial charge in [-0.25, -0.2) is 9.18 Å². The van der Waals surface area contributed by atoms with E-state index in [1.807, 2.05) is 0 Å². The first kappa shape index (κ1) is 14.6. The standard InChI is InChI=1S/C10H8F4O3S/c11-7-2-1-6(9(15)16)5-8(7)18(17)4-3-10(12,13)14/h1-2,5H,3-4H2,(H,15,16).